The van der Waals surface area contributed by atoms with Gasteiger partial charge in [0.25, 0.3) is 0 Å². The van der Waals surface area contributed by atoms with Gasteiger partial charge in [0.05, 0.1) is 0 Å². The van der Waals surface area contributed by atoms with Crippen LogP contribution in [-0.4, -0.2) is 31.2 Å². The van der Waals surface area contributed by atoms with Crippen molar-refractivity contribution in [3.63, 3.8) is 0 Å². The third kappa shape index (κ3) is 3.82. The number of rotatable bonds is 4. The molecule has 0 radical (unpaired) electrons. The van der Waals surface area contributed by atoms with Crippen LogP contribution < -0.4 is 11.1 Å². The molecule has 4 heteroatoms. The number of benzene rings is 1. The van der Waals surface area contributed by atoms with Crippen LogP contribution in [0.2, 0.25) is 0 Å². The minimum Gasteiger partial charge on any atom is -0.461 e. The highest BCUT2D eigenvalue weighted by Crippen LogP contribution is 2.10. The summed E-state index contributed by atoms with van der Waals surface area (Å²) in [5.74, 6) is -0.286. The lowest BCUT2D eigenvalue weighted by atomic mass is 10.1. The highest BCUT2D eigenvalue weighted by Gasteiger charge is 2.21. The summed E-state index contributed by atoms with van der Waals surface area (Å²) < 4.78 is 5.42. The molecule has 1 heterocycles. The molecule has 0 aromatic heterocycles. The SMILES string of the molecule is N[C@@H](Cc1ccccc1)C(=O)OC1CCNCC1. The summed E-state index contributed by atoms with van der Waals surface area (Å²) in [7, 11) is 0. The smallest absolute Gasteiger partial charge is 0.323 e. The number of ether oxygens (including phenoxy) is 1. The zero-order valence-corrected chi connectivity index (χ0v) is 10.5. The number of hydrogen-bond acceptors (Lipinski definition) is 4. The fraction of sp³-hybridized carbons (Fsp3) is 0.500. The van der Waals surface area contributed by atoms with Gasteiger partial charge in [-0.05, 0) is 37.9 Å². The average molecular weight is 248 g/mol. The summed E-state index contributed by atoms with van der Waals surface area (Å²) in [4.78, 5) is 11.8. The van der Waals surface area contributed by atoms with Crippen molar-refractivity contribution in [2.75, 3.05) is 13.1 Å². The molecular formula is C14H20N2O2. The monoisotopic (exact) mass is 248 g/mol. The fourth-order valence-electron chi connectivity index (χ4n) is 2.12. The first kappa shape index (κ1) is 13.1. The van der Waals surface area contributed by atoms with Crippen LogP contribution in [0.4, 0.5) is 0 Å². The molecule has 1 fully saturated rings. The van der Waals surface area contributed by atoms with E-state index in [-0.39, 0.29) is 12.1 Å². The first-order valence-electron chi connectivity index (χ1n) is 6.46. The van der Waals surface area contributed by atoms with Gasteiger partial charge < -0.3 is 15.8 Å². The van der Waals surface area contributed by atoms with E-state index in [0.29, 0.717) is 6.42 Å². The van der Waals surface area contributed by atoms with Crippen LogP contribution in [0.3, 0.4) is 0 Å². The van der Waals surface area contributed by atoms with Crippen molar-refractivity contribution in [3.8, 4) is 0 Å². The molecular weight excluding hydrogens is 228 g/mol. The van der Waals surface area contributed by atoms with Gasteiger partial charge in [-0.25, -0.2) is 0 Å². The van der Waals surface area contributed by atoms with Gasteiger partial charge in [-0.15, -0.1) is 0 Å². The molecule has 4 nitrogen and oxygen atoms in total. The molecule has 0 bridgehead atoms. The third-order valence-corrected chi connectivity index (χ3v) is 3.17. The summed E-state index contributed by atoms with van der Waals surface area (Å²) in [6.07, 6.45) is 2.32. The lowest BCUT2D eigenvalue weighted by Gasteiger charge is -2.24. The largest absolute Gasteiger partial charge is 0.461 e. The number of esters is 1. The zero-order valence-electron chi connectivity index (χ0n) is 10.5. The van der Waals surface area contributed by atoms with Crippen LogP contribution in [0.1, 0.15) is 18.4 Å². The summed E-state index contributed by atoms with van der Waals surface area (Å²) in [5, 5.41) is 3.23. The van der Waals surface area contributed by atoms with Gasteiger partial charge in [0, 0.05) is 0 Å². The van der Waals surface area contributed by atoms with Crippen molar-refractivity contribution in [1.82, 2.24) is 5.32 Å². The Balaban J connectivity index is 1.81. The van der Waals surface area contributed by atoms with Crippen molar-refractivity contribution in [2.45, 2.75) is 31.4 Å². The standard InChI is InChI=1S/C14H20N2O2/c15-13(10-11-4-2-1-3-5-11)14(17)18-12-6-8-16-9-7-12/h1-5,12-13,16H,6-10,15H2/t13-/m0/s1. The predicted molar refractivity (Wildman–Crippen MR) is 70.1 cm³/mol. The van der Waals surface area contributed by atoms with E-state index in [9.17, 15) is 4.79 Å². The van der Waals surface area contributed by atoms with Gasteiger partial charge in [-0.3, -0.25) is 4.79 Å². The maximum absolute atomic E-state index is 11.8. The van der Waals surface area contributed by atoms with Crippen LogP contribution in [-0.2, 0) is 16.0 Å². The van der Waals surface area contributed by atoms with Gasteiger partial charge >= 0.3 is 5.97 Å². The Bertz CT molecular complexity index is 375. The summed E-state index contributed by atoms with van der Waals surface area (Å²) in [6, 6.07) is 9.21. The van der Waals surface area contributed by atoms with E-state index >= 15 is 0 Å². The Morgan fingerprint density at radius 1 is 1.33 bits per heavy atom. The number of nitrogens with two attached hydrogens (primary N) is 1. The van der Waals surface area contributed by atoms with Crippen molar-refractivity contribution in [1.29, 1.82) is 0 Å². The second kappa shape index (κ2) is 6.52. The second-order valence-electron chi connectivity index (χ2n) is 4.68. The minimum atomic E-state index is -0.567. The van der Waals surface area contributed by atoms with E-state index < -0.39 is 6.04 Å². The molecule has 3 N–H and O–H groups in total. The minimum absolute atomic E-state index is 0.0283. The first-order chi connectivity index (χ1) is 8.75. The predicted octanol–water partition coefficient (Wildman–Crippen LogP) is 0.852. The summed E-state index contributed by atoms with van der Waals surface area (Å²) in [6.45, 7) is 1.82. The van der Waals surface area contributed by atoms with Gasteiger partial charge in [0.15, 0.2) is 0 Å². The van der Waals surface area contributed by atoms with Gasteiger partial charge in [-0.1, -0.05) is 30.3 Å². The Morgan fingerprint density at radius 2 is 2.00 bits per heavy atom. The van der Waals surface area contributed by atoms with E-state index in [1.165, 1.54) is 0 Å². The molecule has 1 aromatic rings. The van der Waals surface area contributed by atoms with Crippen molar-refractivity contribution < 1.29 is 9.53 Å². The molecule has 1 atom stereocenters. The number of nitrogens with one attached hydrogen (secondary N) is 1. The van der Waals surface area contributed by atoms with E-state index in [2.05, 4.69) is 5.32 Å². The maximum atomic E-state index is 11.8. The van der Waals surface area contributed by atoms with Crippen LogP contribution in [0, 0.1) is 0 Å². The fourth-order valence-corrected chi connectivity index (χ4v) is 2.12. The van der Waals surface area contributed by atoms with Crippen molar-refractivity contribution in [2.24, 2.45) is 5.73 Å². The van der Waals surface area contributed by atoms with E-state index in [0.717, 1.165) is 31.5 Å². The van der Waals surface area contributed by atoms with Crippen molar-refractivity contribution in [3.05, 3.63) is 35.9 Å². The number of piperidine rings is 1. The summed E-state index contributed by atoms with van der Waals surface area (Å²) in [5.41, 5.74) is 6.94. The van der Waals surface area contributed by atoms with E-state index in [1.807, 2.05) is 30.3 Å². The maximum Gasteiger partial charge on any atom is 0.323 e. The lowest BCUT2D eigenvalue weighted by Crippen LogP contribution is -2.40. The van der Waals surface area contributed by atoms with Gasteiger partial charge in [-0.2, -0.15) is 0 Å². The number of carbonyl (C=O) groups is 1. The topological polar surface area (TPSA) is 64.4 Å². The van der Waals surface area contributed by atoms with Crippen LogP contribution in [0.15, 0.2) is 30.3 Å². The van der Waals surface area contributed by atoms with E-state index in [1.54, 1.807) is 0 Å². The number of hydrogen-bond donors (Lipinski definition) is 2. The molecule has 1 aromatic carbocycles. The van der Waals surface area contributed by atoms with E-state index in [4.69, 9.17) is 10.5 Å². The zero-order chi connectivity index (χ0) is 12.8. The first-order valence-corrected chi connectivity index (χ1v) is 6.46. The highest BCUT2D eigenvalue weighted by atomic mass is 16.5. The molecule has 1 aliphatic heterocycles. The molecule has 2 rings (SSSR count). The molecule has 18 heavy (non-hydrogen) atoms. The molecule has 1 aliphatic rings. The number of carbonyl (C=O) groups excluding carboxylic acids is 1. The van der Waals surface area contributed by atoms with Crippen LogP contribution in [0.5, 0.6) is 0 Å². The van der Waals surface area contributed by atoms with Gasteiger partial charge in [0.2, 0.25) is 0 Å². The molecule has 0 aliphatic carbocycles. The molecule has 98 valence electrons. The quantitative estimate of drug-likeness (QED) is 0.775. The lowest BCUT2D eigenvalue weighted by molar-refractivity contribution is -0.151. The Hall–Kier alpha value is -1.39. The van der Waals surface area contributed by atoms with Crippen LogP contribution in [0.25, 0.3) is 0 Å². The highest BCUT2D eigenvalue weighted by molar-refractivity contribution is 5.76. The average Bonchev–Trinajstić information content (AvgIpc) is 2.41. The Morgan fingerprint density at radius 3 is 2.67 bits per heavy atom. The summed E-state index contributed by atoms with van der Waals surface area (Å²) >= 11 is 0. The molecule has 0 spiro atoms. The van der Waals surface area contributed by atoms with Gasteiger partial charge in [0.1, 0.15) is 12.1 Å². The molecule has 0 amide bonds. The van der Waals surface area contributed by atoms with Crippen LogP contribution >= 0.6 is 0 Å². The molecule has 0 unspecified atom stereocenters. The Kier molecular flexibility index (Phi) is 4.73. The van der Waals surface area contributed by atoms with Crippen molar-refractivity contribution >= 4 is 5.97 Å². The molecule has 0 saturated carbocycles. The molecule has 1 saturated heterocycles. The Labute approximate surface area is 108 Å². The third-order valence-electron chi connectivity index (χ3n) is 3.17. The normalized spacial score (nSPS) is 18.3. The second-order valence-corrected chi connectivity index (χ2v) is 4.68.